The average Bonchev–Trinajstić information content (AvgIpc) is 3.27. The molecule has 1 amide bonds. The number of aliphatic hydroxyl groups excluding tert-OH is 1. The Morgan fingerprint density at radius 1 is 1.06 bits per heavy atom. The van der Waals surface area contributed by atoms with E-state index in [4.69, 9.17) is 0 Å². The summed E-state index contributed by atoms with van der Waals surface area (Å²) in [6.45, 7) is 3.32. The van der Waals surface area contributed by atoms with Gasteiger partial charge < -0.3 is 10.0 Å². The number of benzene rings is 3. The third-order valence-electron chi connectivity index (χ3n) is 6.92. The Labute approximate surface area is 199 Å². The van der Waals surface area contributed by atoms with E-state index in [1.54, 1.807) is 11.9 Å². The van der Waals surface area contributed by atoms with Gasteiger partial charge in [-0.1, -0.05) is 66.7 Å². The number of rotatable bonds is 7. The van der Waals surface area contributed by atoms with E-state index in [0.717, 1.165) is 17.2 Å². The lowest BCUT2D eigenvalue weighted by atomic mass is 9.74. The van der Waals surface area contributed by atoms with Gasteiger partial charge >= 0.3 is 0 Å². The Balaban J connectivity index is 1.76. The fraction of sp³-hybridized carbons (Fsp3) is 0.321. The Hall–Kier alpha value is -3.09. The zero-order valence-electron chi connectivity index (χ0n) is 19.5. The van der Waals surface area contributed by atoms with Crippen LogP contribution in [-0.4, -0.2) is 53.6 Å². The van der Waals surface area contributed by atoms with Crippen LogP contribution in [-0.2, 0) is 10.2 Å². The van der Waals surface area contributed by atoms with E-state index in [1.165, 1.54) is 12.1 Å². The van der Waals surface area contributed by atoms with Gasteiger partial charge in [-0.15, -0.1) is 0 Å². The van der Waals surface area contributed by atoms with Crippen LogP contribution in [0.25, 0.3) is 0 Å². The Bertz CT molecular complexity index is 1080. The Morgan fingerprint density at radius 3 is 2.15 bits per heavy atom. The topological polar surface area (TPSA) is 43.8 Å². The first-order valence-corrected chi connectivity index (χ1v) is 11.5. The van der Waals surface area contributed by atoms with Crippen LogP contribution in [0.4, 0.5) is 8.78 Å². The number of likely N-dealkylation sites (N-methyl/N-ethyl adjacent to an activating group) is 1. The van der Waals surface area contributed by atoms with Crippen LogP contribution >= 0.6 is 0 Å². The molecule has 1 heterocycles. The van der Waals surface area contributed by atoms with E-state index in [1.807, 2.05) is 72.5 Å². The van der Waals surface area contributed by atoms with Gasteiger partial charge in [0.25, 0.3) is 0 Å². The third-order valence-corrected chi connectivity index (χ3v) is 6.92. The van der Waals surface area contributed by atoms with E-state index in [2.05, 4.69) is 0 Å². The van der Waals surface area contributed by atoms with Crippen LogP contribution in [0.1, 0.15) is 36.1 Å². The summed E-state index contributed by atoms with van der Waals surface area (Å²) >= 11 is 0. The predicted molar refractivity (Wildman–Crippen MR) is 128 cm³/mol. The highest BCUT2D eigenvalue weighted by molar-refractivity contribution is 5.92. The molecule has 1 saturated heterocycles. The first-order chi connectivity index (χ1) is 16.3. The molecule has 3 aromatic carbocycles. The minimum atomic E-state index is -1.02. The molecule has 6 heteroatoms. The van der Waals surface area contributed by atoms with Crippen LogP contribution in [0.5, 0.6) is 0 Å². The second kappa shape index (κ2) is 10.0. The van der Waals surface area contributed by atoms with E-state index >= 15 is 0 Å². The van der Waals surface area contributed by atoms with Crippen molar-refractivity contribution in [3.63, 3.8) is 0 Å². The zero-order valence-corrected chi connectivity index (χ0v) is 19.5. The molecule has 3 aromatic rings. The SMILES string of the molecule is CN(C(=O)C(C)(c1ccccc1)c1ccccc1)[C@H](CN1CC[C@H](O)C1)c1ccc(F)cc1F. The molecule has 0 unspecified atom stereocenters. The second-order valence-corrected chi connectivity index (χ2v) is 9.16. The number of nitrogens with zero attached hydrogens (tertiary/aromatic N) is 2. The quantitative estimate of drug-likeness (QED) is 0.559. The lowest BCUT2D eigenvalue weighted by Crippen LogP contribution is -2.48. The van der Waals surface area contributed by atoms with Crippen molar-refractivity contribution in [1.29, 1.82) is 0 Å². The molecule has 0 aromatic heterocycles. The minimum absolute atomic E-state index is 0.196. The number of hydrogen-bond donors (Lipinski definition) is 1. The van der Waals surface area contributed by atoms with Crippen molar-refractivity contribution < 1.29 is 18.7 Å². The third kappa shape index (κ3) is 4.74. The summed E-state index contributed by atoms with van der Waals surface area (Å²) in [5, 5.41) is 10.0. The van der Waals surface area contributed by atoms with Crippen molar-refractivity contribution in [1.82, 2.24) is 9.80 Å². The molecule has 1 N–H and O–H groups in total. The summed E-state index contributed by atoms with van der Waals surface area (Å²) < 4.78 is 28.7. The minimum Gasteiger partial charge on any atom is -0.392 e. The number of carbonyl (C=O) groups is 1. The number of hydrogen-bond acceptors (Lipinski definition) is 3. The molecule has 1 fully saturated rings. The van der Waals surface area contributed by atoms with Crippen molar-refractivity contribution in [3.05, 3.63) is 107 Å². The molecule has 1 aliphatic heterocycles. The standard InChI is InChI=1S/C28H30F2N2O2/c1-28(20-9-5-3-6-10-20,21-11-7-4-8-12-21)27(34)31(2)26(19-32-16-15-23(33)18-32)24-14-13-22(29)17-25(24)30/h3-14,17,23,26,33H,15-16,18-19H2,1-2H3/t23-,26+/m0/s1. The van der Waals surface area contributed by atoms with Gasteiger partial charge in [-0.05, 0) is 30.5 Å². The van der Waals surface area contributed by atoms with Crippen LogP contribution in [0, 0.1) is 11.6 Å². The van der Waals surface area contributed by atoms with Gasteiger partial charge in [0.05, 0.1) is 17.6 Å². The van der Waals surface area contributed by atoms with Crippen molar-refractivity contribution in [2.24, 2.45) is 0 Å². The Kier molecular flexibility index (Phi) is 7.10. The van der Waals surface area contributed by atoms with Crippen LogP contribution in [0.2, 0.25) is 0 Å². The van der Waals surface area contributed by atoms with E-state index in [-0.39, 0.29) is 11.5 Å². The normalized spacial score (nSPS) is 17.5. The highest BCUT2D eigenvalue weighted by Gasteiger charge is 2.42. The van der Waals surface area contributed by atoms with Gasteiger partial charge in [-0.2, -0.15) is 0 Å². The maximum absolute atomic E-state index is 15.0. The molecule has 0 saturated carbocycles. The van der Waals surface area contributed by atoms with E-state index in [0.29, 0.717) is 26.1 Å². The average molecular weight is 465 g/mol. The lowest BCUT2D eigenvalue weighted by Gasteiger charge is -2.39. The maximum Gasteiger partial charge on any atom is 0.237 e. The van der Waals surface area contributed by atoms with Gasteiger partial charge in [0.1, 0.15) is 11.6 Å². The number of amides is 1. The molecule has 178 valence electrons. The molecule has 4 rings (SSSR count). The number of aliphatic hydroxyl groups is 1. The molecule has 0 bridgehead atoms. The van der Waals surface area contributed by atoms with Crippen LogP contribution < -0.4 is 0 Å². The van der Waals surface area contributed by atoms with E-state index < -0.39 is 29.2 Å². The lowest BCUT2D eigenvalue weighted by molar-refractivity contribution is -0.136. The predicted octanol–water partition coefficient (Wildman–Crippen LogP) is 4.54. The first-order valence-electron chi connectivity index (χ1n) is 11.5. The van der Waals surface area contributed by atoms with Gasteiger partial charge in [0, 0.05) is 38.3 Å². The molecule has 2 atom stereocenters. The molecule has 0 aliphatic carbocycles. The molecule has 1 aliphatic rings. The molecule has 34 heavy (non-hydrogen) atoms. The number of β-amino-alcohol motifs (C(OH)–C–C–N with tert-alkyl or cyclic N) is 1. The number of likely N-dealkylation sites (tertiary alicyclic amines) is 1. The highest BCUT2D eigenvalue weighted by atomic mass is 19.1. The summed E-state index contributed by atoms with van der Waals surface area (Å²) in [4.78, 5) is 17.8. The maximum atomic E-state index is 15.0. The second-order valence-electron chi connectivity index (χ2n) is 9.16. The van der Waals surface area contributed by atoms with Crippen LogP contribution in [0.3, 0.4) is 0 Å². The van der Waals surface area contributed by atoms with Crippen molar-refractivity contribution in [2.75, 3.05) is 26.7 Å². The Morgan fingerprint density at radius 2 is 1.65 bits per heavy atom. The largest absolute Gasteiger partial charge is 0.392 e. The molecule has 0 radical (unpaired) electrons. The summed E-state index contributed by atoms with van der Waals surface area (Å²) in [5.41, 5.74) is 0.888. The van der Waals surface area contributed by atoms with Gasteiger partial charge in [-0.25, -0.2) is 8.78 Å². The van der Waals surface area contributed by atoms with Crippen molar-refractivity contribution in [3.8, 4) is 0 Å². The fourth-order valence-corrected chi connectivity index (χ4v) is 4.87. The smallest absolute Gasteiger partial charge is 0.237 e. The summed E-state index contributed by atoms with van der Waals surface area (Å²) in [6.07, 6.45) is 0.181. The molecule has 4 nitrogen and oxygen atoms in total. The zero-order chi connectivity index (χ0) is 24.3. The highest BCUT2D eigenvalue weighted by Crippen LogP contribution is 2.37. The fourth-order valence-electron chi connectivity index (χ4n) is 4.87. The number of halogens is 2. The van der Waals surface area contributed by atoms with Gasteiger partial charge in [0.2, 0.25) is 5.91 Å². The van der Waals surface area contributed by atoms with Gasteiger partial charge in [-0.3, -0.25) is 9.69 Å². The molecular weight excluding hydrogens is 434 g/mol. The van der Waals surface area contributed by atoms with Crippen molar-refractivity contribution >= 4 is 5.91 Å². The summed E-state index contributed by atoms with van der Waals surface area (Å²) in [5.74, 6) is -1.55. The van der Waals surface area contributed by atoms with E-state index in [9.17, 15) is 18.7 Å². The first kappa shape index (κ1) is 24.0. The van der Waals surface area contributed by atoms with Gasteiger partial charge in [0.15, 0.2) is 0 Å². The summed E-state index contributed by atoms with van der Waals surface area (Å²) in [6, 6.07) is 21.9. The number of carbonyl (C=O) groups excluding carboxylic acids is 1. The van der Waals surface area contributed by atoms with Crippen molar-refractivity contribution in [2.45, 2.75) is 30.9 Å². The molecule has 0 spiro atoms. The molecular formula is C28H30F2N2O2. The summed E-state index contributed by atoms with van der Waals surface area (Å²) in [7, 11) is 1.67. The monoisotopic (exact) mass is 464 g/mol. The van der Waals surface area contributed by atoms with Crippen LogP contribution in [0.15, 0.2) is 78.9 Å².